The molecule has 0 aromatic heterocycles. The molecule has 13 heavy (non-hydrogen) atoms. The minimum Gasteiger partial charge on any atom is -0.393 e. The number of rotatable bonds is 6. The van der Waals surface area contributed by atoms with Gasteiger partial charge in [-0.1, -0.05) is 6.92 Å². The molecule has 3 nitrogen and oxygen atoms in total. The van der Waals surface area contributed by atoms with Crippen molar-refractivity contribution in [1.82, 2.24) is 0 Å². The molecule has 2 unspecified atom stereocenters. The SMILES string of the molecule is CC(O)CC(C)CCCS(C)(=O)=O. The van der Waals surface area contributed by atoms with E-state index in [0.29, 0.717) is 12.3 Å². The Morgan fingerprint density at radius 3 is 2.23 bits per heavy atom. The van der Waals surface area contributed by atoms with Crippen LogP contribution < -0.4 is 0 Å². The molecule has 4 heteroatoms. The molecule has 80 valence electrons. The van der Waals surface area contributed by atoms with Gasteiger partial charge in [0, 0.05) is 12.0 Å². The molecular weight excluding hydrogens is 188 g/mol. The van der Waals surface area contributed by atoms with Crippen LogP contribution in [-0.2, 0) is 9.84 Å². The Kier molecular flexibility index (Phi) is 5.56. The van der Waals surface area contributed by atoms with Gasteiger partial charge in [0.2, 0.25) is 0 Å². The third kappa shape index (κ3) is 9.83. The molecule has 0 saturated heterocycles. The highest BCUT2D eigenvalue weighted by Crippen LogP contribution is 2.12. The third-order valence-electron chi connectivity index (χ3n) is 1.96. The van der Waals surface area contributed by atoms with Crippen molar-refractivity contribution >= 4 is 9.84 Å². The zero-order valence-electron chi connectivity index (χ0n) is 8.66. The molecule has 0 heterocycles. The zero-order valence-corrected chi connectivity index (χ0v) is 9.47. The van der Waals surface area contributed by atoms with Gasteiger partial charge in [0.15, 0.2) is 0 Å². The molecule has 2 atom stereocenters. The lowest BCUT2D eigenvalue weighted by Crippen LogP contribution is -2.09. The molecule has 0 spiro atoms. The maximum Gasteiger partial charge on any atom is 0.147 e. The van der Waals surface area contributed by atoms with Gasteiger partial charge in [-0.15, -0.1) is 0 Å². The molecule has 0 aromatic rings. The Labute approximate surface area is 81.1 Å². The summed E-state index contributed by atoms with van der Waals surface area (Å²) in [6, 6.07) is 0. The topological polar surface area (TPSA) is 54.4 Å². The van der Waals surface area contributed by atoms with Crippen molar-refractivity contribution in [1.29, 1.82) is 0 Å². The van der Waals surface area contributed by atoms with Crippen LogP contribution in [0.1, 0.15) is 33.1 Å². The van der Waals surface area contributed by atoms with Crippen molar-refractivity contribution in [3.8, 4) is 0 Å². The van der Waals surface area contributed by atoms with E-state index in [1.54, 1.807) is 6.92 Å². The summed E-state index contributed by atoms with van der Waals surface area (Å²) < 4.78 is 21.6. The van der Waals surface area contributed by atoms with Crippen LogP contribution in [0.3, 0.4) is 0 Å². The summed E-state index contributed by atoms with van der Waals surface area (Å²) in [6.07, 6.45) is 3.30. The number of aliphatic hydroxyl groups is 1. The number of aliphatic hydroxyl groups excluding tert-OH is 1. The van der Waals surface area contributed by atoms with Crippen LogP contribution in [0.25, 0.3) is 0 Å². The third-order valence-corrected chi connectivity index (χ3v) is 2.99. The summed E-state index contributed by atoms with van der Waals surface area (Å²) in [6.45, 7) is 3.79. The maximum absolute atomic E-state index is 10.8. The zero-order chi connectivity index (χ0) is 10.5. The summed E-state index contributed by atoms with van der Waals surface area (Å²) in [7, 11) is -2.81. The summed E-state index contributed by atoms with van der Waals surface area (Å²) in [5.74, 6) is 0.665. The lowest BCUT2D eigenvalue weighted by atomic mass is 10.00. The number of hydrogen-bond acceptors (Lipinski definition) is 3. The molecule has 0 fully saturated rings. The van der Waals surface area contributed by atoms with E-state index in [1.165, 1.54) is 6.26 Å². The first kappa shape index (κ1) is 12.9. The van der Waals surface area contributed by atoms with Crippen molar-refractivity contribution in [3.63, 3.8) is 0 Å². The molecule has 0 radical (unpaired) electrons. The van der Waals surface area contributed by atoms with E-state index < -0.39 is 9.84 Å². The van der Waals surface area contributed by atoms with Crippen LogP contribution in [0.15, 0.2) is 0 Å². The molecule has 0 aliphatic heterocycles. The van der Waals surface area contributed by atoms with Crippen LogP contribution in [-0.4, -0.2) is 31.6 Å². The van der Waals surface area contributed by atoms with Crippen molar-refractivity contribution in [2.75, 3.05) is 12.0 Å². The fourth-order valence-electron chi connectivity index (χ4n) is 1.39. The first-order valence-corrected chi connectivity index (χ1v) is 6.73. The highest BCUT2D eigenvalue weighted by atomic mass is 32.2. The largest absolute Gasteiger partial charge is 0.393 e. The molecule has 1 N–H and O–H groups in total. The quantitative estimate of drug-likeness (QED) is 0.714. The average molecular weight is 208 g/mol. The van der Waals surface area contributed by atoms with E-state index in [0.717, 1.165) is 12.8 Å². The smallest absolute Gasteiger partial charge is 0.147 e. The summed E-state index contributed by atoms with van der Waals surface area (Å²) >= 11 is 0. The van der Waals surface area contributed by atoms with Gasteiger partial charge in [-0.2, -0.15) is 0 Å². The fraction of sp³-hybridized carbons (Fsp3) is 1.00. The first-order chi connectivity index (χ1) is 5.81. The van der Waals surface area contributed by atoms with E-state index >= 15 is 0 Å². The van der Waals surface area contributed by atoms with E-state index in [9.17, 15) is 8.42 Å². The van der Waals surface area contributed by atoms with Crippen LogP contribution in [0, 0.1) is 5.92 Å². The van der Waals surface area contributed by atoms with Crippen molar-refractivity contribution < 1.29 is 13.5 Å². The van der Waals surface area contributed by atoms with Crippen LogP contribution in [0.4, 0.5) is 0 Å². The molecular formula is C9H20O3S. The summed E-state index contributed by atoms with van der Waals surface area (Å²) in [5.41, 5.74) is 0. The van der Waals surface area contributed by atoms with Gasteiger partial charge in [0.05, 0.1) is 6.10 Å². The normalized spacial score (nSPS) is 16.9. The molecule has 0 bridgehead atoms. The fourth-order valence-corrected chi connectivity index (χ4v) is 2.09. The van der Waals surface area contributed by atoms with E-state index in [2.05, 4.69) is 0 Å². The molecule has 0 aliphatic rings. The van der Waals surface area contributed by atoms with Gasteiger partial charge in [0.25, 0.3) is 0 Å². The van der Waals surface area contributed by atoms with Gasteiger partial charge in [-0.05, 0) is 32.1 Å². The van der Waals surface area contributed by atoms with Crippen molar-refractivity contribution in [2.24, 2.45) is 5.92 Å². The Morgan fingerprint density at radius 2 is 1.85 bits per heavy atom. The predicted molar refractivity (Wildman–Crippen MR) is 54.4 cm³/mol. The van der Waals surface area contributed by atoms with Crippen LogP contribution in [0.2, 0.25) is 0 Å². The van der Waals surface area contributed by atoms with E-state index in [-0.39, 0.29) is 11.9 Å². The Balaban J connectivity index is 3.54. The number of hydrogen-bond donors (Lipinski definition) is 1. The van der Waals surface area contributed by atoms with Crippen molar-refractivity contribution in [2.45, 2.75) is 39.2 Å². The first-order valence-electron chi connectivity index (χ1n) is 4.67. The van der Waals surface area contributed by atoms with Gasteiger partial charge >= 0.3 is 0 Å². The number of sulfone groups is 1. The lowest BCUT2D eigenvalue weighted by molar-refractivity contribution is 0.161. The van der Waals surface area contributed by atoms with E-state index in [4.69, 9.17) is 5.11 Å². The minimum atomic E-state index is -2.81. The second-order valence-corrected chi connectivity index (χ2v) is 6.22. The van der Waals surface area contributed by atoms with Gasteiger partial charge < -0.3 is 5.11 Å². The van der Waals surface area contributed by atoms with Gasteiger partial charge in [-0.25, -0.2) is 8.42 Å². The highest BCUT2D eigenvalue weighted by molar-refractivity contribution is 7.90. The lowest BCUT2D eigenvalue weighted by Gasteiger charge is -2.12. The van der Waals surface area contributed by atoms with Gasteiger partial charge in [0.1, 0.15) is 9.84 Å². The Bertz CT molecular complexity index is 219. The molecule has 0 aromatic carbocycles. The second kappa shape index (κ2) is 5.60. The Hall–Kier alpha value is -0.0900. The standard InChI is InChI=1S/C9H20O3S/c1-8(7-9(2)10)5-4-6-13(3,11)12/h8-10H,4-7H2,1-3H3. The Morgan fingerprint density at radius 1 is 1.31 bits per heavy atom. The molecule has 0 saturated carbocycles. The summed E-state index contributed by atoms with van der Waals surface area (Å²) in [4.78, 5) is 0. The molecule has 0 amide bonds. The average Bonchev–Trinajstić information content (AvgIpc) is 1.81. The van der Waals surface area contributed by atoms with Crippen molar-refractivity contribution in [3.05, 3.63) is 0 Å². The second-order valence-electron chi connectivity index (χ2n) is 3.96. The maximum atomic E-state index is 10.8. The molecule has 0 aliphatic carbocycles. The van der Waals surface area contributed by atoms with E-state index in [1.807, 2.05) is 6.92 Å². The van der Waals surface area contributed by atoms with Crippen LogP contribution in [0.5, 0.6) is 0 Å². The van der Waals surface area contributed by atoms with Gasteiger partial charge in [-0.3, -0.25) is 0 Å². The molecule has 0 rings (SSSR count). The monoisotopic (exact) mass is 208 g/mol. The predicted octanol–water partition coefficient (Wildman–Crippen LogP) is 1.22. The van der Waals surface area contributed by atoms with Crippen LogP contribution >= 0.6 is 0 Å². The minimum absolute atomic E-state index is 0.261. The highest BCUT2D eigenvalue weighted by Gasteiger charge is 2.08. The summed E-state index contributed by atoms with van der Waals surface area (Å²) in [5, 5.41) is 9.06.